The quantitative estimate of drug-likeness (QED) is 0.866. The predicted molar refractivity (Wildman–Crippen MR) is 67.1 cm³/mol. The second-order valence-corrected chi connectivity index (χ2v) is 4.99. The van der Waals surface area contributed by atoms with E-state index in [2.05, 4.69) is 27.3 Å². The van der Waals surface area contributed by atoms with E-state index in [0.29, 0.717) is 25.4 Å². The average Bonchev–Trinajstić information content (AvgIpc) is 2.30. The van der Waals surface area contributed by atoms with Crippen molar-refractivity contribution in [2.24, 2.45) is 11.7 Å². The number of carbonyl (C=O) groups is 1. The molecule has 0 aliphatic carbocycles. The van der Waals surface area contributed by atoms with Gasteiger partial charge in [0.15, 0.2) is 0 Å². The van der Waals surface area contributed by atoms with Crippen molar-refractivity contribution in [1.82, 2.24) is 5.32 Å². The van der Waals surface area contributed by atoms with Crippen molar-refractivity contribution in [3.05, 3.63) is 34.3 Å². The average molecular weight is 283 g/mol. The predicted octanol–water partition coefficient (Wildman–Crippen LogP) is 1.63. The SMILES string of the molecule is NCC1CC(=O)NCC1c1ccccc1Br. The summed E-state index contributed by atoms with van der Waals surface area (Å²) >= 11 is 3.55. The minimum Gasteiger partial charge on any atom is -0.355 e. The minimum atomic E-state index is 0.110. The fourth-order valence-corrected chi connectivity index (χ4v) is 2.81. The van der Waals surface area contributed by atoms with Gasteiger partial charge in [-0.2, -0.15) is 0 Å². The first-order valence-electron chi connectivity index (χ1n) is 5.43. The Labute approximate surface area is 104 Å². The number of nitrogens with one attached hydrogen (secondary N) is 1. The molecule has 0 saturated carbocycles. The molecule has 2 rings (SSSR count). The molecular weight excluding hydrogens is 268 g/mol. The third-order valence-corrected chi connectivity index (χ3v) is 3.87. The Morgan fingerprint density at radius 2 is 2.19 bits per heavy atom. The third-order valence-electron chi connectivity index (χ3n) is 3.14. The van der Waals surface area contributed by atoms with Crippen LogP contribution in [0.2, 0.25) is 0 Å². The highest BCUT2D eigenvalue weighted by molar-refractivity contribution is 9.10. The summed E-state index contributed by atoms with van der Waals surface area (Å²) < 4.78 is 1.09. The zero-order valence-corrected chi connectivity index (χ0v) is 10.5. The van der Waals surface area contributed by atoms with Gasteiger partial charge in [-0.25, -0.2) is 0 Å². The molecule has 1 saturated heterocycles. The maximum atomic E-state index is 11.3. The Balaban J connectivity index is 2.26. The molecule has 1 aliphatic heterocycles. The van der Waals surface area contributed by atoms with E-state index in [1.54, 1.807) is 0 Å². The normalized spacial score (nSPS) is 25.2. The van der Waals surface area contributed by atoms with Gasteiger partial charge in [-0.15, -0.1) is 0 Å². The molecule has 0 radical (unpaired) electrons. The molecule has 1 heterocycles. The van der Waals surface area contributed by atoms with Crippen molar-refractivity contribution < 1.29 is 4.79 Å². The Bertz CT molecular complexity index is 394. The lowest BCUT2D eigenvalue weighted by Gasteiger charge is -2.31. The number of hydrogen-bond donors (Lipinski definition) is 2. The summed E-state index contributed by atoms with van der Waals surface area (Å²) in [4.78, 5) is 11.3. The summed E-state index contributed by atoms with van der Waals surface area (Å²) in [5.74, 6) is 0.671. The second kappa shape index (κ2) is 4.97. The second-order valence-electron chi connectivity index (χ2n) is 4.13. The van der Waals surface area contributed by atoms with Gasteiger partial charge >= 0.3 is 0 Å². The lowest BCUT2D eigenvalue weighted by atomic mass is 9.81. The fraction of sp³-hybridized carbons (Fsp3) is 0.417. The van der Waals surface area contributed by atoms with Crippen LogP contribution in [-0.4, -0.2) is 19.0 Å². The molecule has 1 aromatic rings. The molecule has 86 valence electrons. The van der Waals surface area contributed by atoms with Gasteiger partial charge in [0.2, 0.25) is 5.91 Å². The number of benzene rings is 1. The van der Waals surface area contributed by atoms with E-state index in [0.717, 1.165) is 4.47 Å². The summed E-state index contributed by atoms with van der Waals surface area (Å²) in [5.41, 5.74) is 6.98. The van der Waals surface area contributed by atoms with Crippen molar-refractivity contribution in [2.45, 2.75) is 12.3 Å². The summed E-state index contributed by atoms with van der Waals surface area (Å²) in [6.07, 6.45) is 0.530. The number of carbonyl (C=O) groups excluding carboxylic acids is 1. The van der Waals surface area contributed by atoms with Crippen LogP contribution in [-0.2, 0) is 4.79 Å². The van der Waals surface area contributed by atoms with E-state index in [-0.39, 0.29) is 11.8 Å². The largest absolute Gasteiger partial charge is 0.355 e. The Hall–Kier alpha value is -0.870. The number of hydrogen-bond acceptors (Lipinski definition) is 2. The molecule has 3 N–H and O–H groups in total. The summed E-state index contributed by atoms with van der Waals surface area (Å²) in [5, 5.41) is 2.91. The smallest absolute Gasteiger partial charge is 0.220 e. The van der Waals surface area contributed by atoms with Gasteiger partial charge in [-0.1, -0.05) is 34.1 Å². The van der Waals surface area contributed by atoms with Crippen molar-refractivity contribution in [2.75, 3.05) is 13.1 Å². The van der Waals surface area contributed by atoms with Crippen molar-refractivity contribution in [3.8, 4) is 0 Å². The molecule has 1 fully saturated rings. The van der Waals surface area contributed by atoms with E-state index < -0.39 is 0 Å². The lowest BCUT2D eigenvalue weighted by molar-refractivity contribution is -0.123. The first kappa shape index (κ1) is 11.6. The van der Waals surface area contributed by atoms with E-state index in [4.69, 9.17) is 5.73 Å². The Morgan fingerprint density at radius 3 is 2.88 bits per heavy atom. The van der Waals surface area contributed by atoms with Crippen LogP contribution in [0, 0.1) is 5.92 Å². The molecule has 3 nitrogen and oxygen atoms in total. The van der Waals surface area contributed by atoms with Gasteiger partial charge in [0.25, 0.3) is 0 Å². The Kier molecular flexibility index (Phi) is 3.61. The van der Waals surface area contributed by atoms with Gasteiger partial charge in [0.05, 0.1) is 0 Å². The van der Waals surface area contributed by atoms with Crippen LogP contribution in [0.25, 0.3) is 0 Å². The highest BCUT2D eigenvalue weighted by Gasteiger charge is 2.30. The molecule has 0 aromatic heterocycles. The highest BCUT2D eigenvalue weighted by atomic mass is 79.9. The van der Waals surface area contributed by atoms with Gasteiger partial charge in [-0.3, -0.25) is 4.79 Å². The van der Waals surface area contributed by atoms with Gasteiger partial charge in [-0.05, 0) is 24.1 Å². The zero-order valence-electron chi connectivity index (χ0n) is 8.95. The van der Waals surface area contributed by atoms with E-state index in [1.807, 2.05) is 18.2 Å². The van der Waals surface area contributed by atoms with Gasteiger partial charge in [0.1, 0.15) is 0 Å². The molecule has 2 unspecified atom stereocenters. The molecule has 4 heteroatoms. The Morgan fingerprint density at radius 1 is 1.44 bits per heavy atom. The number of nitrogens with two attached hydrogens (primary N) is 1. The van der Waals surface area contributed by atoms with Crippen LogP contribution >= 0.6 is 15.9 Å². The van der Waals surface area contributed by atoms with Crippen LogP contribution in [0.3, 0.4) is 0 Å². The monoisotopic (exact) mass is 282 g/mol. The summed E-state index contributed by atoms with van der Waals surface area (Å²) in [6.45, 7) is 1.24. The maximum absolute atomic E-state index is 11.3. The topological polar surface area (TPSA) is 55.1 Å². The number of piperidine rings is 1. The maximum Gasteiger partial charge on any atom is 0.220 e. The number of rotatable bonds is 2. The molecular formula is C12H15BrN2O. The van der Waals surface area contributed by atoms with E-state index >= 15 is 0 Å². The van der Waals surface area contributed by atoms with Crippen LogP contribution in [0.1, 0.15) is 17.9 Å². The van der Waals surface area contributed by atoms with Crippen LogP contribution in [0.4, 0.5) is 0 Å². The zero-order chi connectivity index (χ0) is 11.5. The van der Waals surface area contributed by atoms with Gasteiger partial charge in [0, 0.05) is 23.4 Å². The van der Waals surface area contributed by atoms with E-state index in [9.17, 15) is 4.79 Å². The molecule has 1 amide bonds. The minimum absolute atomic E-state index is 0.110. The first-order valence-corrected chi connectivity index (χ1v) is 6.23. The molecule has 1 aliphatic rings. The van der Waals surface area contributed by atoms with Crippen LogP contribution in [0.5, 0.6) is 0 Å². The molecule has 2 atom stereocenters. The van der Waals surface area contributed by atoms with E-state index in [1.165, 1.54) is 5.56 Å². The molecule has 0 bridgehead atoms. The van der Waals surface area contributed by atoms with Crippen molar-refractivity contribution >= 4 is 21.8 Å². The highest BCUT2D eigenvalue weighted by Crippen LogP contribution is 2.33. The first-order chi connectivity index (χ1) is 7.72. The third kappa shape index (κ3) is 2.28. The summed E-state index contributed by atoms with van der Waals surface area (Å²) in [6, 6.07) is 8.13. The molecule has 1 aromatic carbocycles. The number of halogens is 1. The van der Waals surface area contributed by atoms with Gasteiger partial charge < -0.3 is 11.1 Å². The van der Waals surface area contributed by atoms with Crippen molar-refractivity contribution in [3.63, 3.8) is 0 Å². The van der Waals surface area contributed by atoms with Crippen molar-refractivity contribution in [1.29, 1.82) is 0 Å². The fourth-order valence-electron chi connectivity index (χ4n) is 2.23. The van der Waals surface area contributed by atoms with Crippen LogP contribution < -0.4 is 11.1 Å². The standard InChI is InChI=1S/C12H15BrN2O/c13-11-4-2-1-3-9(11)10-7-15-12(16)5-8(10)6-14/h1-4,8,10H,5-7,14H2,(H,15,16). The number of amides is 1. The molecule has 0 spiro atoms. The summed E-state index contributed by atoms with van der Waals surface area (Å²) in [7, 11) is 0. The lowest BCUT2D eigenvalue weighted by Crippen LogP contribution is -2.42. The van der Waals surface area contributed by atoms with Crippen LogP contribution in [0.15, 0.2) is 28.7 Å². The molecule has 16 heavy (non-hydrogen) atoms.